The summed E-state index contributed by atoms with van der Waals surface area (Å²) in [6, 6.07) is 11.2. The molecule has 1 atom stereocenters. The van der Waals surface area contributed by atoms with Crippen LogP contribution >= 0.6 is 24.0 Å². The Labute approximate surface area is 192 Å². The molecule has 3 rings (SSSR count). The molecule has 2 heterocycles. The van der Waals surface area contributed by atoms with E-state index in [1.165, 1.54) is 18.4 Å². The van der Waals surface area contributed by atoms with Gasteiger partial charge in [-0.15, -0.1) is 24.0 Å². The van der Waals surface area contributed by atoms with Crippen molar-refractivity contribution in [1.82, 2.24) is 20.4 Å². The van der Waals surface area contributed by atoms with Crippen LogP contribution in [0.4, 0.5) is 0 Å². The van der Waals surface area contributed by atoms with Gasteiger partial charge in [0.05, 0.1) is 6.54 Å². The summed E-state index contributed by atoms with van der Waals surface area (Å²) in [5, 5.41) is 6.65. The van der Waals surface area contributed by atoms with E-state index in [4.69, 9.17) is 4.99 Å². The Bertz CT molecular complexity index is 633. The summed E-state index contributed by atoms with van der Waals surface area (Å²) in [4.78, 5) is 21.5. The number of nitrogens with one attached hydrogen (secondary N) is 2. The van der Waals surface area contributed by atoms with Gasteiger partial charge in [0, 0.05) is 45.2 Å². The maximum absolute atomic E-state index is 12.2. The standard InChI is InChI=1S/C22H35N5O.HI/c1-2-23-22(24-13-12-21(28)26-14-6-7-15-26)25-17-20-11-8-16-27(20)18-19-9-4-3-5-10-19;/h3-5,9-10,20H,2,6-8,11-18H2,1H3,(H2,23,24,25);1H. The van der Waals surface area contributed by atoms with Crippen LogP contribution < -0.4 is 10.6 Å². The summed E-state index contributed by atoms with van der Waals surface area (Å²) >= 11 is 0. The van der Waals surface area contributed by atoms with Gasteiger partial charge in [0.2, 0.25) is 5.91 Å². The predicted octanol–water partition coefficient (Wildman–Crippen LogP) is 2.84. The van der Waals surface area contributed by atoms with E-state index in [1.54, 1.807) is 0 Å². The number of amides is 1. The zero-order valence-corrected chi connectivity index (χ0v) is 19.9. The minimum atomic E-state index is 0. The lowest BCUT2D eigenvalue weighted by Gasteiger charge is -2.23. The topological polar surface area (TPSA) is 60.0 Å². The summed E-state index contributed by atoms with van der Waals surface area (Å²) in [5.74, 6) is 1.08. The average Bonchev–Trinajstić information content (AvgIpc) is 3.39. The summed E-state index contributed by atoms with van der Waals surface area (Å²) in [6.07, 6.45) is 5.26. The first-order valence-electron chi connectivity index (χ1n) is 10.8. The summed E-state index contributed by atoms with van der Waals surface area (Å²) < 4.78 is 0. The SMILES string of the molecule is CCNC(=NCC1CCCN1Cc1ccccc1)NCCC(=O)N1CCCC1.I. The lowest BCUT2D eigenvalue weighted by Crippen LogP contribution is -2.41. The second kappa shape index (κ2) is 13.1. The Kier molecular flexibility index (Phi) is 10.8. The Balaban J connectivity index is 0.00000300. The number of carbonyl (C=O) groups is 1. The number of halogens is 1. The molecule has 1 aromatic carbocycles. The van der Waals surface area contributed by atoms with Gasteiger partial charge in [0.25, 0.3) is 0 Å². The second-order valence-electron chi connectivity index (χ2n) is 7.74. The van der Waals surface area contributed by atoms with Gasteiger partial charge in [0.1, 0.15) is 0 Å². The van der Waals surface area contributed by atoms with Crippen LogP contribution in [0.3, 0.4) is 0 Å². The number of hydrogen-bond acceptors (Lipinski definition) is 3. The highest BCUT2D eigenvalue weighted by Gasteiger charge is 2.24. The van der Waals surface area contributed by atoms with Gasteiger partial charge in [-0.05, 0) is 44.7 Å². The summed E-state index contributed by atoms with van der Waals surface area (Å²) in [6.45, 7) is 8.31. The minimum absolute atomic E-state index is 0. The predicted molar refractivity (Wildman–Crippen MR) is 130 cm³/mol. The van der Waals surface area contributed by atoms with Gasteiger partial charge in [-0.1, -0.05) is 30.3 Å². The van der Waals surface area contributed by atoms with Crippen LogP contribution in [0.15, 0.2) is 35.3 Å². The molecule has 0 saturated carbocycles. The molecule has 0 radical (unpaired) electrons. The van der Waals surface area contributed by atoms with E-state index in [-0.39, 0.29) is 29.9 Å². The normalized spacial score (nSPS) is 19.8. The molecule has 1 aromatic rings. The van der Waals surface area contributed by atoms with Crippen LogP contribution in [0.25, 0.3) is 0 Å². The van der Waals surface area contributed by atoms with Crippen molar-refractivity contribution in [3.05, 3.63) is 35.9 Å². The minimum Gasteiger partial charge on any atom is -0.357 e. The van der Waals surface area contributed by atoms with Crippen molar-refractivity contribution < 1.29 is 4.79 Å². The highest BCUT2D eigenvalue weighted by molar-refractivity contribution is 14.0. The molecule has 0 spiro atoms. The van der Waals surface area contributed by atoms with Crippen molar-refractivity contribution in [2.75, 3.05) is 39.3 Å². The number of aliphatic imine (C=N–C) groups is 1. The Morgan fingerprint density at radius 2 is 1.86 bits per heavy atom. The van der Waals surface area contributed by atoms with Crippen LogP contribution in [0.2, 0.25) is 0 Å². The summed E-state index contributed by atoms with van der Waals surface area (Å²) in [5.41, 5.74) is 1.36. The molecule has 162 valence electrons. The summed E-state index contributed by atoms with van der Waals surface area (Å²) in [7, 11) is 0. The van der Waals surface area contributed by atoms with Crippen molar-refractivity contribution in [3.63, 3.8) is 0 Å². The Hall–Kier alpha value is -1.35. The molecule has 0 aliphatic carbocycles. The van der Waals surface area contributed by atoms with E-state index in [0.29, 0.717) is 19.0 Å². The number of nitrogens with zero attached hydrogens (tertiary/aromatic N) is 3. The fraction of sp³-hybridized carbons (Fsp3) is 0.636. The molecule has 2 fully saturated rings. The molecule has 0 aromatic heterocycles. The van der Waals surface area contributed by atoms with Crippen molar-refractivity contribution >= 4 is 35.8 Å². The third-order valence-corrected chi connectivity index (χ3v) is 5.62. The van der Waals surface area contributed by atoms with Crippen molar-refractivity contribution in [2.24, 2.45) is 4.99 Å². The van der Waals surface area contributed by atoms with Gasteiger partial charge >= 0.3 is 0 Å². The zero-order chi connectivity index (χ0) is 19.6. The van der Waals surface area contributed by atoms with Crippen LogP contribution in [-0.4, -0.2) is 67.0 Å². The molecule has 1 amide bonds. The molecular formula is C22H36IN5O. The van der Waals surface area contributed by atoms with E-state index in [2.05, 4.69) is 52.8 Å². The van der Waals surface area contributed by atoms with Gasteiger partial charge in [-0.2, -0.15) is 0 Å². The molecule has 1 unspecified atom stereocenters. The van der Waals surface area contributed by atoms with Gasteiger partial charge in [-0.25, -0.2) is 0 Å². The molecule has 6 nitrogen and oxygen atoms in total. The maximum atomic E-state index is 12.2. The number of rotatable bonds is 8. The van der Waals surface area contributed by atoms with Gasteiger partial charge in [-0.3, -0.25) is 14.7 Å². The lowest BCUT2D eigenvalue weighted by atomic mass is 10.2. The molecule has 7 heteroatoms. The van der Waals surface area contributed by atoms with E-state index < -0.39 is 0 Å². The number of carbonyl (C=O) groups excluding carboxylic acids is 1. The van der Waals surface area contributed by atoms with E-state index in [9.17, 15) is 4.79 Å². The van der Waals surface area contributed by atoms with E-state index in [1.807, 2.05) is 4.90 Å². The van der Waals surface area contributed by atoms with Crippen molar-refractivity contribution in [1.29, 1.82) is 0 Å². The van der Waals surface area contributed by atoms with Crippen LogP contribution in [0, 0.1) is 0 Å². The quantitative estimate of drug-likeness (QED) is 0.319. The second-order valence-corrected chi connectivity index (χ2v) is 7.74. The molecule has 2 N–H and O–H groups in total. The van der Waals surface area contributed by atoms with Gasteiger partial charge < -0.3 is 15.5 Å². The van der Waals surface area contributed by atoms with Crippen LogP contribution in [-0.2, 0) is 11.3 Å². The fourth-order valence-electron chi connectivity index (χ4n) is 4.08. The first kappa shape index (κ1) is 23.9. The molecular weight excluding hydrogens is 477 g/mol. The van der Waals surface area contributed by atoms with E-state index >= 15 is 0 Å². The lowest BCUT2D eigenvalue weighted by molar-refractivity contribution is -0.129. The smallest absolute Gasteiger partial charge is 0.224 e. The molecule has 2 aliphatic heterocycles. The highest BCUT2D eigenvalue weighted by Crippen LogP contribution is 2.20. The Morgan fingerprint density at radius 1 is 1.10 bits per heavy atom. The average molecular weight is 513 g/mol. The molecule has 2 aliphatic rings. The number of hydrogen-bond donors (Lipinski definition) is 2. The Morgan fingerprint density at radius 3 is 2.59 bits per heavy atom. The monoisotopic (exact) mass is 513 g/mol. The third-order valence-electron chi connectivity index (χ3n) is 5.62. The van der Waals surface area contributed by atoms with Crippen molar-refractivity contribution in [3.8, 4) is 0 Å². The van der Waals surface area contributed by atoms with E-state index in [0.717, 1.165) is 58.1 Å². The number of benzene rings is 1. The zero-order valence-electron chi connectivity index (χ0n) is 17.6. The largest absolute Gasteiger partial charge is 0.357 e. The maximum Gasteiger partial charge on any atom is 0.224 e. The fourth-order valence-corrected chi connectivity index (χ4v) is 4.08. The first-order chi connectivity index (χ1) is 13.8. The number of guanidine groups is 1. The molecule has 2 saturated heterocycles. The molecule has 29 heavy (non-hydrogen) atoms. The highest BCUT2D eigenvalue weighted by atomic mass is 127. The van der Waals surface area contributed by atoms with Crippen LogP contribution in [0.1, 0.15) is 44.6 Å². The van der Waals surface area contributed by atoms with Crippen LogP contribution in [0.5, 0.6) is 0 Å². The van der Waals surface area contributed by atoms with Crippen molar-refractivity contribution in [2.45, 2.75) is 51.6 Å². The first-order valence-corrected chi connectivity index (χ1v) is 10.8. The third kappa shape index (κ3) is 7.77. The molecule has 0 bridgehead atoms. The number of likely N-dealkylation sites (tertiary alicyclic amines) is 2. The van der Waals surface area contributed by atoms with Gasteiger partial charge in [0.15, 0.2) is 5.96 Å².